The maximum Gasteiger partial charge on any atom is 0.155 e. The Hall–Kier alpha value is -2.40. The Kier molecular flexibility index (Phi) is 7.46. The van der Waals surface area contributed by atoms with Gasteiger partial charge in [0.15, 0.2) is 5.75 Å². The number of ether oxygens (including phenoxy) is 1. The van der Waals surface area contributed by atoms with Crippen LogP contribution in [0.4, 0.5) is 11.4 Å². The third kappa shape index (κ3) is 5.32. The Morgan fingerprint density at radius 1 is 1.25 bits per heavy atom. The third-order valence-electron chi connectivity index (χ3n) is 6.74. The van der Waals surface area contributed by atoms with Crippen molar-refractivity contribution >= 4 is 22.9 Å². The first-order valence-corrected chi connectivity index (χ1v) is 12.5. The number of aliphatic imine (C=N–C) groups is 1. The summed E-state index contributed by atoms with van der Waals surface area (Å²) in [5, 5.41) is 2.35. The summed E-state index contributed by atoms with van der Waals surface area (Å²) in [4.78, 5) is 19.1. The molecule has 1 aliphatic carbocycles. The van der Waals surface area contributed by atoms with Crippen molar-refractivity contribution in [3.05, 3.63) is 41.2 Å². The molecule has 0 aromatic heterocycles. The fraction of sp³-hybridized carbons (Fsp3) is 0.556. The summed E-state index contributed by atoms with van der Waals surface area (Å²) in [6, 6.07) is 4.43. The minimum absolute atomic E-state index is 0.168. The van der Waals surface area contributed by atoms with E-state index in [4.69, 9.17) is 9.73 Å². The lowest BCUT2D eigenvalue weighted by molar-refractivity contribution is -0.655. The quantitative estimate of drug-likeness (QED) is 0.550. The van der Waals surface area contributed by atoms with Crippen molar-refractivity contribution in [3.63, 3.8) is 0 Å². The zero-order valence-corrected chi connectivity index (χ0v) is 20.0. The fourth-order valence-electron chi connectivity index (χ4n) is 4.76. The van der Waals surface area contributed by atoms with Crippen LogP contribution in [0, 0.1) is 5.92 Å². The van der Waals surface area contributed by atoms with Gasteiger partial charge < -0.3 is 15.0 Å². The molecule has 1 aromatic rings. The molecule has 32 heavy (non-hydrogen) atoms. The Morgan fingerprint density at radius 2 is 2.09 bits per heavy atom. The lowest BCUT2D eigenvalue weighted by Gasteiger charge is -2.32. The van der Waals surface area contributed by atoms with E-state index in [1.165, 1.54) is 23.2 Å². The molecule has 0 fully saturated rings. The number of aryl methyl sites for hydroxylation is 1. The average Bonchev–Trinajstić information content (AvgIpc) is 2.80. The van der Waals surface area contributed by atoms with E-state index in [1.807, 2.05) is 13.8 Å². The van der Waals surface area contributed by atoms with Gasteiger partial charge >= 0.3 is 0 Å². The first-order valence-electron chi connectivity index (χ1n) is 12.5. The summed E-state index contributed by atoms with van der Waals surface area (Å²) < 4.78 is 6.27. The van der Waals surface area contributed by atoms with Crippen LogP contribution in [0.25, 0.3) is 0 Å². The predicted octanol–water partition coefficient (Wildman–Crippen LogP) is 4.49. The number of quaternary nitrogens is 1. The van der Waals surface area contributed by atoms with Crippen LogP contribution < -0.4 is 15.0 Å². The SMILES string of the molecule is CCN1CCCc2cc3c(cc21)OC1=CCC(CCC[NH2+]CCCC(=O)C(C)C)=CC1=N3. The number of anilines is 1. The summed E-state index contributed by atoms with van der Waals surface area (Å²) in [6.45, 7) is 10.5. The van der Waals surface area contributed by atoms with Gasteiger partial charge in [-0.15, -0.1) is 0 Å². The van der Waals surface area contributed by atoms with Gasteiger partial charge in [-0.25, -0.2) is 4.99 Å². The number of carbonyl (C=O) groups excluding carboxylic acids is 1. The zero-order chi connectivity index (χ0) is 22.5. The maximum absolute atomic E-state index is 11.7. The summed E-state index contributed by atoms with van der Waals surface area (Å²) >= 11 is 0. The number of Topliss-reactive ketones (excluding diaryl/α,β-unsaturated/α-hetero) is 1. The molecule has 5 nitrogen and oxygen atoms in total. The molecule has 3 aliphatic rings. The van der Waals surface area contributed by atoms with E-state index < -0.39 is 0 Å². The van der Waals surface area contributed by atoms with Crippen molar-refractivity contribution in [1.82, 2.24) is 0 Å². The first kappa shape index (κ1) is 22.8. The smallest absolute Gasteiger partial charge is 0.155 e. The molecule has 0 saturated heterocycles. The van der Waals surface area contributed by atoms with Gasteiger partial charge in [-0.3, -0.25) is 4.79 Å². The molecule has 1 aromatic carbocycles. The van der Waals surface area contributed by atoms with E-state index >= 15 is 0 Å². The molecular weight excluding hydrogens is 398 g/mol. The highest BCUT2D eigenvalue weighted by Crippen LogP contribution is 2.42. The topological polar surface area (TPSA) is 58.5 Å². The Morgan fingerprint density at radius 3 is 2.91 bits per heavy atom. The summed E-state index contributed by atoms with van der Waals surface area (Å²) in [7, 11) is 0. The number of hydrogen-bond donors (Lipinski definition) is 1. The molecule has 5 heteroatoms. The van der Waals surface area contributed by atoms with Gasteiger partial charge in [0.1, 0.15) is 22.9 Å². The number of carbonyl (C=O) groups is 1. The first-order chi connectivity index (χ1) is 15.5. The van der Waals surface area contributed by atoms with Crippen LogP contribution >= 0.6 is 0 Å². The number of rotatable bonds is 10. The largest absolute Gasteiger partial charge is 0.453 e. The van der Waals surface area contributed by atoms with E-state index in [1.54, 1.807) is 0 Å². The lowest BCUT2D eigenvalue weighted by Crippen LogP contribution is -2.84. The molecule has 172 valence electrons. The van der Waals surface area contributed by atoms with Gasteiger partial charge in [0.25, 0.3) is 0 Å². The number of hydrogen-bond acceptors (Lipinski definition) is 4. The van der Waals surface area contributed by atoms with E-state index in [0.29, 0.717) is 12.2 Å². The molecule has 0 amide bonds. The lowest BCUT2D eigenvalue weighted by atomic mass is 9.97. The molecule has 0 spiro atoms. The second-order valence-electron chi connectivity index (χ2n) is 9.50. The van der Waals surface area contributed by atoms with E-state index in [2.05, 4.69) is 41.4 Å². The second-order valence-corrected chi connectivity index (χ2v) is 9.50. The number of allylic oxidation sites excluding steroid dienone is 3. The van der Waals surface area contributed by atoms with Crippen LogP contribution in [0.15, 0.2) is 40.6 Å². The van der Waals surface area contributed by atoms with Crippen molar-refractivity contribution in [2.24, 2.45) is 10.9 Å². The van der Waals surface area contributed by atoms with Crippen LogP contribution in [0.2, 0.25) is 0 Å². The molecule has 2 heterocycles. The molecule has 0 radical (unpaired) electrons. The highest BCUT2D eigenvalue weighted by atomic mass is 16.5. The van der Waals surface area contributed by atoms with E-state index in [9.17, 15) is 4.79 Å². The van der Waals surface area contributed by atoms with Gasteiger partial charge in [-0.2, -0.15) is 0 Å². The summed E-state index contributed by atoms with van der Waals surface area (Å²) in [5.41, 5.74) is 6.07. The van der Waals surface area contributed by atoms with Crippen LogP contribution in [0.3, 0.4) is 0 Å². The van der Waals surface area contributed by atoms with Gasteiger partial charge in [0.2, 0.25) is 0 Å². The minimum atomic E-state index is 0.168. The number of benzene rings is 1. The molecule has 4 rings (SSSR count). The van der Waals surface area contributed by atoms with Gasteiger partial charge in [-0.1, -0.05) is 19.4 Å². The molecule has 2 aliphatic heterocycles. The monoisotopic (exact) mass is 436 g/mol. The minimum Gasteiger partial charge on any atom is -0.453 e. The Balaban J connectivity index is 1.31. The van der Waals surface area contributed by atoms with E-state index in [-0.39, 0.29) is 5.92 Å². The second kappa shape index (κ2) is 10.5. The van der Waals surface area contributed by atoms with Gasteiger partial charge in [0.05, 0.1) is 13.1 Å². The van der Waals surface area contributed by atoms with Gasteiger partial charge in [-0.05, 0) is 56.4 Å². The highest BCUT2D eigenvalue weighted by molar-refractivity contribution is 6.11. The standard InChI is InChI=1S/C27H37N3O2/c1-4-30-15-7-9-21-17-23-27(18-24(21)30)32-26-12-11-20(16-22(26)29-23)8-5-13-28-14-6-10-25(31)19(2)3/h12,16-19,28H,4-11,13-15H2,1-3H3/p+1. The predicted molar refractivity (Wildman–Crippen MR) is 131 cm³/mol. The average molecular weight is 437 g/mol. The molecule has 2 N–H and O–H groups in total. The highest BCUT2D eigenvalue weighted by Gasteiger charge is 2.25. The van der Waals surface area contributed by atoms with Crippen LogP contribution in [0.1, 0.15) is 64.9 Å². The number of nitrogens with two attached hydrogens (primary N) is 1. The summed E-state index contributed by atoms with van der Waals surface area (Å²) in [6.07, 6.45) is 11.6. The van der Waals surface area contributed by atoms with Crippen LogP contribution in [0.5, 0.6) is 5.75 Å². The van der Waals surface area contributed by atoms with Crippen molar-refractivity contribution in [1.29, 1.82) is 0 Å². The third-order valence-corrected chi connectivity index (χ3v) is 6.74. The van der Waals surface area contributed by atoms with E-state index in [0.717, 1.165) is 81.2 Å². The zero-order valence-electron chi connectivity index (χ0n) is 20.0. The molecule has 0 bridgehead atoms. The molecule has 0 atom stereocenters. The van der Waals surface area contributed by atoms with Crippen molar-refractivity contribution in [2.75, 3.05) is 31.1 Å². The van der Waals surface area contributed by atoms with Crippen LogP contribution in [-0.4, -0.2) is 37.7 Å². The number of nitrogens with zero attached hydrogens (tertiary/aromatic N) is 2. The summed E-state index contributed by atoms with van der Waals surface area (Å²) in [5.74, 6) is 2.35. The van der Waals surface area contributed by atoms with Crippen LogP contribution in [-0.2, 0) is 11.2 Å². The maximum atomic E-state index is 11.7. The van der Waals surface area contributed by atoms with Gasteiger partial charge in [0, 0.05) is 50.0 Å². The normalized spacial score (nSPS) is 17.0. The molecule has 0 unspecified atom stereocenters. The van der Waals surface area contributed by atoms with Crippen molar-refractivity contribution in [3.8, 4) is 5.75 Å². The molecular formula is C27H38N3O2+. The fourth-order valence-corrected chi connectivity index (χ4v) is 4.76. The van der Waals surface area contributed by atoms with Crippen molar-refractivity contribution < 1.29 is 14.8 Å². The number of ketones is 1. The molecule has 0 saturated carbocycles. The Labute approximate surface area is 192 Å². The number of fused-ring (bicyclic) bond motifs is 3. The Bertz CT molecular complexity index is 942. The van der Waals surface area contributed by atoms with Crippen molar-refractivity contribution in [2.45, 2.75) is 65.7 Å².